The van der Waals surface area contributed by atoms with E-state index in [0.29, 0.717) is 0 Å². The minimum atomic E-state index is 0.268. The minimum Gasteiger partial charge on any atom is -0.508 e. The molecule has 3 nitrogen and oxygen atoms in total. The molecule has 3 heteroatoms. The van der Waals surface area contributed by atoms with Gasteiger partial charge in [-0.3, -0.25) is 4.98 Å². The number of phenolic OH excluding ortho intramolecular Hbond substituents is 1. The highest BCUT2D eigenvalue weighted by Gasteiger charge is 2.04. The van der Waals surface area contributed by atoms with Crippen molar-refractivity contribution in [2.45, 2.75) is 0 Å². The number of aromatic nitrogens is 2. The Kier molecular flexibility index (Phi) is 1.31. The summed E-state index contributed by atoms with van der Waals surface area (Å²) in [4.78, 5) is 7.50. The molecule has 0 radical (unpaired) electrons. The number of hydrogen-bond donors (Lipinski definition) is 2. The lowest BCUT2D eigenvalue weighted by molar-refractivity contribution is 0.476. The lowest BCUT2D eigenvalue weighted by atomic mass is 10.2. The van der Waals surface area contributed by atoms with E-state index in [-0.39, 0.29) is 5.75 Å². The highest BCUT2D eigenvalue weighted by Crippen LogP contribution is 2.26. The average Bonchev–Trinajstić information content (AvgIpc) is 2.56. The Morgan fingerprint density at radius 1 is 1.14 bits per heavy atom. The quantitative estimate of drug-likeness (QED) is 0.563. The predicted octanol–water partition coefficient (Wildman–Crippen LogP) is 2.42. The average molecular weight is 184 g/mol. The zero-order chi connectivity index (χ0) is 9.54. The molecule has 2 N–H and O–H groups in total. The van der Waals surface area contributed by atoms with E-state index in [9.17, 15) is 5.11 Å². The smallest absolute Gasteiger partial charge is 0.116 e. The zero-order valence-electron chi connectivity index (χ0n) is 7.36. The van der Waals surface area contributed by atoms with Gasteiger partial charge in [0, 0.05) is 17.1 Å². The molecule has 2 heterocycles. The van der Waals surface area contributed by atoms with Crippen molar-refractivity contribution in [1.29, 1.82) is 0 Å². The highest BCUT2D eigenvalue weighted by molar-refractivity contribution is 6.05. The lowest BCUT2D eigenvalue weighted by Crippen LogP contribution is -1.71. The maximum atomic E-state index is 9.37. The van der Waals surface area contributed by atoms with E-state index in [1.54, 1.807) is 18.3 Å². The van der Waals surface area contributed by atoms with Gasteiger partial charge in [-0.1, -0.05) is 0 Å². The predicted molar refractivity (Wildman–Crippen MR) is 55.3 cm³/mol. The van der Waals surface area contributed by atoms with E-state index in [0.717, 1.165) is 21.9 Å². The summed E-state index contributed by atoms with van der Waals surface area (Å²) < 4.78 is 0. The number of nitrogens with one attached hydrogen (secondary N) is 1. The number of nitrogens with zero attached hydrogens (tertiary/aromatic N) is 1. The van der Waals surface area contributed by atoms with Crippen LogP contribution in [0.15, 0.2) is 36.5 Å². The van der Waals surface area contributed by atoms with Gasteiger partial charge >= 0.3 is 0 Å². The van der Waals surface area contributed by atoms with Gasteiger partial charge in [0.15, 0.2) is 0 Å². The molecule has 0 bridgehead atoms. The first-order valence-corrected chi connectivity index (χ1v) is 4.40. The van der Waals surface area contributed by atoms with Crippen LogP contribution in [0.2, 0.25) is 0 Å². The van der Waals surface area contributed by atoms with Crippen LogP contribution in [0.1, 0.15) is 0 Å². The second-order valence-corrected chi connectivity index (χ2v) is 3.25. The second-order valence-electron chi connectivity index (χ2n) is 3.25. The van der Waals surface area contributed by atoms with E-state index in [1.807, 2.05) is 18.2 Å². The van der Waals surface area contributed by atoms with Gasteiger partial charge in [0.2, 0.25) is 0 Å². The molecule has 0 unspecified atom stereocenters. The summed E-state index contributed by atoms with van der Waals surface area (Å²) in [5.41, 5.74) is 2.89. The number of aromatic amines is 1. The van der Waals surface area contributed by atoms with E-state index >= 15 is 0 Å². The largest absolute Gasteiger partial charge is 0.508 e. The van der Waals surface area contributed by atoms with Crippen molar-refractivity contribution < 1.29 is 5.11 Å². The summed E-state index contributed by atoms with van der Waals surface area (Å²) in [5, 5.41) is 10.3. The van der Waals surface area contributed by atoms with Crippen LogP contribution in [-0.4, -0.2) is 15.1 Å². The molecule has 0 saturated carbocycles. The van der Waals surface area contributed by atoms with E-state index in [2.05, 4.69) is 9.97 Å². The van der Waals surface area contributed by atoms with Crippen molar-refractivity contribution >= 4 is 21.9 Å². The summed E-state index contributed by atoms with van der Waals surface area (Å²) in [7, 11) is 0. The summed E-state index contributed by atoms with van der Waals surface area (Å²) in [5.74, 6) is 0.268. The molecule has 3 aromatic rings. The molecular weight excluding hydrogens is 176 g/mol. The normalized spacial score (nSPS) is 11.1. The molecule has 1 aromatic carbocycles. The molecule has 0 spiro atoms. The fourth-order valence-corrected chi connectivity index (χ4v) is 1.70. The van der Waals surface area contributed by atoms with Crippen LogP contribution in [0.25, 0.3) is 21.9 Å². The number of aromatic hydroxyl groups is 1. The molecule has 0 aliphatic carbocycles. The van der Waals surface area contributed by atoms with Crippen molar-refractivity contribution in [1.82, 2.24) is 9.97 Å². The molecule has 3 rings (SSSR count). The molecule has 0 amide bonds. The fraction of sp³-hybridized carbons (Fsp3) is 0. The molecule has 14 heavy (non-hydrogen) atoms. The zero-order valence-corrected chi connectivity index (χ0v) is 7.36. The third kappa shape index (κ3) is 0.893. The number of fused-ring (bicyclic) bond motifs is 3. The molecule has 0 aliphatic heterocycles. The summed E-state index contributed by atoms with van der Waals surface area (Å²) >= 11 is 0. The lowest BCUT2D eigenvalue weighted by Gasteiger charge is -1.91. The van der Waals surface area contributed by atoms with Crippen LogP contribution in [0, 0.1) is 0 Å². The van der Waals surface area contributed by atoms with Gasteiger partial charge in [0.05, 0.1) is 11.0 Å². The third-order valence-electron chi connectivity index (χ3n) is 2.34. The monoisotopic (exact) mass is 184 g/mol. The first-order chi connectivity index (χ1) is 6.84. The Hall–Kier alpha value is -2.03. The number of pyridine rings is 1. The number of H-pyrrole nitrogens is 1. The maximum Gasteiger partial charge on any atom is 0.116 e. The van der Waals surface area contributed by atoms with Crippen LogP contribution < -0.4 is 0 Å². The highest BCUT2D eigenvalue weighted by atomic mass is 16.3. The molecule has 0 aliphatic rings. The van der Waals surface area contributed by atoms with Gasteiger partial charge in [-0.2, -0.15) is 0 Å². The Balaban J connectivity index is 2.58. The summed E-state index contributed by atoms with van der Waals surface area (Å²) in [6.45, 7) is 0. The first-order valence-electron chi connectivity index (χ1n) is 4.40. The number of benzene rings is 1. The SMILES string of the molecule is Oc1ccc2[nH]c3cccnc3c2c1. The molecule has 68 valence electrons. The van der Waals surface area contributed by atoms with Gasteiger partial charge in [0.1, 0.15) is 5.75 Å². The van der Waals surface area contributed by atoms with Crippen LogP contribution >= 0.6 is 0 Å². The Bertz CT molecular complexity index is 613. The number of hydrogen-bond acceptors (Lipinski definition) is 2. The van der Waals surface area contributed by atoms with Crippen LogP contribution in [0.4, 0.5) is 0 Å². The fourth-order valence-electron chi connectivity index (χ4n) is 1.70. The van der Waals surface area contributed by atoms with Crippen molar-refractivity contribution in [3.63, 3.8) is 0 Å². The minimum absolute atomic E-state index is 0.268. The molecular formula is C11H8N2O. The molecule has 2 aromatic heterocycles. The van der Waals surface area contributed by atoms with Gasteiger partial charge in [-0.05, 0) is 30.3 Å². The van der Waals surface area contributed by atoms with Crippen molar-refractivity contribution in [3.05, 3.63) is 36.5 Å². The third-order valence-corrected chi connectivity index (χ3v) is 2.34. The van der Waals surface area contributed by atoms with Gasteiger partial charge < -0.3 is 10.1 Å². The van der Waals surface area contributed by atoms with Gasteiger partial charge in [-0.15, -0.1) is 0 Å². The number of rotatable bonds is 0. The topological polar surface area (TPSA) is 48.9 Å². The Morgan fingerprint density at radius 2 is 2.07 bits per heavy atom. The van der Waals surface area contributed by atoms with Gasteiger partial charge in [-0.25, -0.2) is 0 Å². The summed E-state index contributed by atoms with van der Waals surface area (Å²) in [6.07, 6.45) is 1.75. The molecule has 0 fully saturated rings. The summed E-state index contributed by atoms with van der Waals surface area (Å²) in [6, 6.07) is 9.10. The van der Waals surface area contributed by atoms with E-state index < -0.39 is 0 Å². The molecule has 0 saturated heterocycles. The Labute approximate surface area is 80.0 Å². The van der Waals surface area contributed by atoms with E-state index in [1.165, 1.54) is 0 Å². The van der Waals surface area contributed by atoms with Crippen molar-refractivity contribution in [3.8, 4) is 5.75 Å². The van der Waals surface area contributed by atoms with Crippen LogP contribution in [-0.2, 0) is 0 Å². The maximum absolute atomic E-state index is 9.37. The Morgan fingerprint density at radius 3 is 3.00 bits per heavy atom. The van der Waals surface area contributed by atoms with E-state index in [4.69, 9.17) is 0 Å². The number of phenols is 1. The van der Waals surface area contributed by atoms with Crippen LogP contribution in [0.3, 0.4) is 0 Å². The second kappa shape index (κ2) is 2.48. The molecule has 0 atom stereocenters. The van der Waals surface area contributed by atoms with Crippen LogP contribution in [0.5, 0.6) is 5.75 Å². The van der Waals surface area contributed by atoms with Crippen molar-refractivity contribution in [2.24, 2.45) is 0 Å². The van der Waals surface area contributed by atoms with Crippen molar-refractivity contribution in [2.75, 3.05) is 0 Å². The first kappa shape index (κ1) is 7.38. The van der Waals surface area contributed by atoms with Gasteiger partial charge in [0.25, 0.3) is 0 Å². The standard InChI is InChI=1S/C11H8N2O/c14-7-3-4-9-8(6-7)11-10(13-9)2-1-5-12-11/h1-6,13-14H.